The molecular formula is C17H13BrO. The highest BCUT2D eigenvalue weighted by atomic mass is 79.9. The first kappa shape index (κ1) is 11.4. The Bertz CT molecular complexity index is 722. The number of benzene rings is 2. The van der Waals surface area contributed by atoms with E-state index in [1.165, 1.54) is 32.0 Å². The largest absolute Gasteiger partial charge is 0.369 e. The molecule has 4 rings (SSSR count). The zero-order valence-corrected chi connectivity index (χ0v) is 12.0. The molecule has 0 N–H and O–H groups in total. The highest BCUT2D eigenvalue weighted by Gasteiger charge is 2.28. The smallest absolute Gasteiger partial charge is 0.0880 e. The Morgan fingerprint density at radius 1 is 1.00 bits per heavy atom. The van der Waals surface area contributed by atoms with Crippen molar-refractivity contribution < 1.29 is 4.74 Å². The first-order valence-electron chi connectivity index (χ1n) is 6.55. The summed E-state index contributed by atoms with van der Waals surface area (Å²) in [5, 5.41) is 2.65. The van der Waals surface area contributed by atoms with Gasteiger partial charge in [0.05, 0.1) is 12.7 Å². The molecule has 0 saturated carbocycles. The van der Waals surface area contributed by atoms with E-state index in [2.05, 4.69) is 64.5 Å². The van der Waals surface area contributed by atoms with Crippen LogP contribution in [0.1, 0.15) is 17.5 Å². The summed E-state index contributed by atoms with van der Waals surface area (Å²) in [5.41, 5.74) is 3.91. The van der Waals surface area contributed by atoms with Crippen molar-refractivity contribution in [2.75, 3.05) is 6.61 Å². The zero-order valence-electron chi connectivity index (χ0n) is 10.4. The van der Waals surface area contributed by atoms with E-state index in [0.29, 0.717) is 6.61 Å². The van der Waals surface area contributed by atoms with Gasteiger partial charge in [0.15, 0.2) is 0 Å². The Morgan fingerprint density at radius 2 is 1.79 bits per heavy atom. The predicted octanol–water partition coefficient (Wildman–Crippen LogP) is 4.76. The summed E-state index contributed by atoms with van der Waals surface area (Å²) < 4.78 is 7.11. The normalized spacial score (nSPS) is 21.4. The standard InChI is InChI=1S/C17H13BrO/c18-17-13-8-4-6-11-5-3-7-12(15(11)13)16(17)14-9-1-2-10-19-14/h1-8,14H,9-10H2. The van der Waals surface area contributed by atoms with Crippen molar-refractivity contribution in [3.63, 3.8) is 0 Å². The van der Waals surface area contributed by atoms with E-state index in [4.69, 9.17) is 4.74 Å². The second-order valence-electron chi connectivity index (χ2n) is 4.97. The van der Waals surface area contributed by atoms with Crippen LogP contribution in [0.3, 0.4) is 0 Å². The summed E-state index contributed by atoms with van der Waals surface area (Å²) in [6, 6.07) is 13.0. The summed E-state index contributed by atoms with van der Waals surface area (Å²) >= 11 is 3.79. The fraction of sp³-hybridized carbons (Fsp3) is 0.176. The lowest BCUT2D eigenvalue weighted by Gasteiger charge is -2.21. The average molecular weight is 313 g/mol. The Balaban J connectivity index is 1.96. The van der Waals surface area contributed by atoms with Gasteiger partial charge in [-0.1, -0.05) is 48.6 Å². The van der Waals surface area contributed by atoms with Crippen LogP contribution in [0, 0.1) is 0 Å². The molecule has 2 aromatic rings. The molecule has 2 heteroatoms. The highest BCUT2D eigenvalue weighted by Crippen LogP contribution is 2.47. The van der Waals surface area contributed by atoms with Crippen molar-refractivity contribution in [3.8, 4) is 0 Å². The van der Waals surface area contributed by atoms with Crippen molar-refractivity contribution in [1.82, 2.24) is 0 Å². The summed E-state index contributed by atoms with van der Waals surface area (Å²) in [4.78, 5) is 0. The monoisotopic (exact) mass is 312 g/mol. The van der Waals surface area contributed by atoms with Gasteiger partial charge in [-0.3, -0.25) is 0 Å². The molecule has 19 heavy (non-hydrogen) atoms. The third kappa shape index (κ3) is 1.63. The third-order valence-electron chi connectivity index (χ3n) is 3.90. The molecular weight excluding hydrogens is 300 g/mol. The van der Waals surface area contributed by atoms with Crippen LogP contribution in [0.4, 0.5) is 0 Å². The maximum atomic E-state index is 5.92. The number of ether oxygens (including phenoxy) is 1. The van der Waals surface area contributed by atoms with Gasteiger partial charge in [-0.15, -0.1) is 0 Å². The first-order valence-corrected chi connectivity index (χ1v) is 7.34. The van der Waals surface area contributed by atoms with Crippen LogP contribution >= 0.6 is 15.9 Å². The SMILES string of the molecule is BrC1=C(C2CC=CCO2)c2cccc3cccc1c23. The summed E-state index contributed by atoms with van der Waals surface area (Å²) in [6.07, 6.45) is 5.42. The van der Waals surface area contributed by atoms with Crippen molar-refractivity contribution in [1.29, 1.82) is 0 Å². The Morgan fingerprint density at radius 3 is 2.53 bits per heavy atom. The van der Waals surface area contributed by atoms with E-state index < -0.39 is 0 Å². The number of hydrogen-bond donors (Lipinski definition) is 0. The minimum atomic E-state index is 0.164. The van der Waals surface area contributed by atoms with Gasteiger partial charge in [0.25, 0.3) is 0 Å². The number of hydrogen-bond acceptors (Lipinski definition) is 1. The van der Waals surface area contributed by atoms with E-state index in [1.807, 2.05) is 0 Å². The van der Waals surface area contributed by atoms with Crippen molar-refractivity contribution >= 4 is 36.8 Å². The molecule has 2 aromatic carbocycles. The molecule has 0 fully saturated rings. The lowest BCUT2D eigenvalue weighted by atomic mass is 9.97. The van der Waals surface area contributed by atoms with Crippen molar-refractivity contribution in [2.45, 2.75) is 12.5 Å². The summed E-state index contributed by atoms with van der Waals surface area (Å²) in [6.45, 7) is 0.709. The first-order chi connectivity index (χ1) is 9.36. The van der Waals surface area contributed by atoms with Gasteiger partial charge in [-0.05, 0) is 44.3 Å². The fourth-order valence-corrected chi connectivity index (χ4v) is 3.85. The van der Waals surface area contributed by atoms with Crippen molar-refractivity contribution in [2.24, 2.45) is 0 Å². The second kappa shape index (κ2) is 4.32. The van der Waals surface area contributed by atoms with Crippen molar-refractivity contribution in [3.05, 3.63) is 59.7 Å². The molecule has 1 aliphatic carbocycles. The maximum Gasteiger partial charge on any atom is 0.0880 e. The van der Waals surface area contributed by atoms with E-state index >= 15 is 0 Å². The van der Waals surface area contributed by atoms with Gasteiger partial charge in [0.1, 0.15) is 0 Å². The van der Waals surface area contributed by atoms with E-state index in [-0.39, 0.29) is 6.10 Å². The van der Waals surface area contributed by atoms with Crippen LogP contribution < -0.4 is 0 Å². The second-order valence-corrected chi connectivity index (χ2v) is 5.76. The Labute approximate surface area is 120 Å². The molecule has 0 aromatic heterocycles. The van der Waals surface area contributed by atoms with Gasteiger partial charge >= 0.3 is 0 Å². The van der Waals surface area contributed by atoms with E-state index in [1.54, 1.807) is 0 Å². The quantitative estimate of drug-likeness (QED) is 0.690. The molecule has 2 aliphatic rings. The van der Waals surface area contributed by atoms with Gasteiger partial charge in [0, 0.05) is 10.1 Å². The Hall–Kier alpha value is -1.38. The zero-order chi connectivity index (χ0) is 12.8. The summed E-state index contributed by atoms with van der Waals surface area (Å²) in [5.74, 6) is 0. The van der Waals surface area contributed by atoms with Crippen LogP contribution in [0.2, 0.25) is 0 Å². The minimum absolute atomic E-state index is 0.164. The highest BCUT2D eigenvalue weighted by molar-refractivity contribution is 9.15. The number of rotatable bonds is 1. The predicted molar refractivity (Wildman–Crippen MR) is 83.2 cm³/mol. The summed E-state index contributed by atoms with van der Waals surface area (Å²) in [7, 11) is 0. The molecule has 0 spiro atoms. The van der Waals surface area contributed by atoms with Crippen LogP contribution in [-0.4, -0.2) is 12.7 Å². The third-order valence-corrected chi connectivity index (χ3v) is 4.75. The molecule has 1 atom stereocenters. The molecule has 1 heterocycles. The lowest BCUT2D eigenvalue weighted by molar-refractivity contribution is 0.110. The minimum Gasteiger partial charge on any atom is -0.369 e. The van der Waals surface area contributed by atoms with E-state index in [0.717, 1.165) is 6.42 Å². The van der Waals surface area contributed by atoms with Crippen LogP contribution in [0.15, 0.2) is 48.6 Å². The molecule has 0 saturated heterocycles. The molecule has 1 aliphatic heterocycles. The maximum absolute atomic E-state index is 5.92. The van der Waals surface area contributed by atoms with Gasteiger partial charge in [-0.25, -0.2) is 0 Å². The van der Waals surface area contributed by atoms with Gasteiger partial charge < -0.3 is 4.74 Å². The van der Waals surface area contributed by atoms with E-state index in [9.17, 15) is 0 Å². The topological polar surface area (TPSA) is 9.23 Å². The molecule has 1 nitrogen and oxygen atoms in total. The van der Waals surface area contributed by atoms with Crippen LogP contribution in [0.25, 0.3) is 20.8 Å². The molecule has 0 radical (unpaired) electrons. The molecule has 94 valence electrons. The van der Waals surface area contributed by atoms with Gasteiger partial charge in [0.2, 0.25) is 0 Å². The van der Waals surface area contributed by atoms with Gasteiger partial charge in [-0.2, -0.15) is 0 Å². The fourth-order valence-electron chi connectivity index (χ4n) is 3.06. The molecule has 1 unspecified atom stereocenters. The Kier molecular flexibility index (Phi) is 2.61. The molecule has 0 amide bonds. The molecule has 0 bridgehead atoms. The van der Waals surface area contributed by atoms with Crippen LogP contribution in [0.5, 0.6) is 0 Å². The lowest BCUT2D eigenvalue weighted by Crippen LogP contribution is -2.17. The average Bonchev–Trinajstić information content (AvgIpc) is 2.76. The van der Waals surface area contributed by atoms with Crippen LogP contribution in [-0.2, 0) is 4.74 Å². The number of halogens is 1.